The number of carbonyl (C=O) groups is 1. The lowest BCUT2D eigenvalue weighted by Gasteiger charge is -2.33. The molecule has 1 amide bonds. The van der Waals surface area contributed by atoms with Crippen LogP contribution in [-0.4, -0.2) is 101 Å². The Morgan fingerprint density at radius 2 is 1.81 bits per heavy atom. The fourth-order valence-electron chi connectivity index (χ4n) is 7.07. The van der Waals surface area contributed by atoms with Crippen LogP contribution in [0.2, 0.25) is 25.7 Å². The molecule has 3 aromatic heterocycles. The average molecular weight is 754 g/mol. The van der Waals surface area contributed by atoms with Crippen molar-refractivity contribution in [3.63, 3.8) is 0 Å². The summed E-state index contributed by atoms with van der Waals surface area (Å²) >= 11 is 0. The lowest BCUT2D eigenvalue weighted by atomic mass is 10.0. The first-order chi connectivity index (χ1) is 25.9. The molecule has 5 aromatic rings. The van der Waals surface area contributed by atoms with E-state index in [9.17, 15) is 4.79 Å². The highest BCUT2D eigenvalue weighted by Gasteiger charge is 2.25. The largest absolute Gasteiger partial charge is 0.444 e. The number of ether oxygens (including phenoxy) is 3. The molecule has 5 heterocycles. The summed E-state index contributed by atoms with van der Waals surface area (Å²) in [4.78, 5) is 29.8. The zero-order valence-electron chi connectivity index (χ0n) is 32.6. The second-order valence-corrected chi connectivity index (χ2v) is 22.3. The van der Waals surface area contributed by atoms with Gasteiger partial charge in [-0.2, -0.15) is 5.10 Å². The maximum absolute atomic E-state index is 12.5. The van der Waals surface area contributed by atoms with E-state index in [1.807, 2.05) is 25.5 Å². The van der Waals surface area contributed by atoms with Crippen LogP contribution >= 0.6 is 0 Å². The summed E-state index contributed by atoms with van der Waals surface area (Å²) in [7, 11) is -1.22. The van der Waals surface area contributed by atoms with Crippen LogP contribution in [0.25, 0.3) is 33.2 Å². The van der Waals surface area contributed by atoms with E-state index in [-0.39, 0.29) is 12.1 Å². The molecule has 2 aliphatic heterocycles. The normalized spacial score (nSPS) is 17.3. The van der Waals surface area contributed by atoms with E-state index >= 15 is 0 Å². The molecule has 54 heavy (non-hydrogen) atoms. The Morgan fingerprint density at radius 3 is 2.57 bits per heavy atom. The number of carbonyl (C=O) groups excluding carboxylic acids is 1. The Kier molecular flexibility index (Phi) is 11.3. The van der Waals surface area contributed by atoms with Gasteiger partial charge in [-0.25, -0.2) is 19.4 Å². The van der Waals surface area contributed by atoms with Crippen LogP contribution in [0.4, 0.5) is 22.1 Å². The summed E-state index contributed by atoms with van der Waals surface area (Å²) in [6.07, 6.45) is 3.22. The van der Waals surface area contributed by atoms with Crippen LogP contribution in [0.3, 0.4) is 0 Å². The van der Waals surface area contributed by atoms with Gasteiger partial charge in [-0.1, -0.05) is 37.8 Å². The Morgan fingerprint density at radius 1 is 1.02 bits per heavy atom. The van der Waals surface area contributed by atoms with E-state index in [1.54, 1.807) is 6.33 Å². The Balaban J connectivity index is 1.09. The first-order valence-corrected chi connectivity index (χ1v) is 22.9. The molecule has 2 saturated heterocycles. The molecule has 0 saturated carbocycles. The van der Waals surface area contributed by atoms with Crippen molar-refractivity contribution >= 4 is 53.4 Å². The number of H-pyrrole nitrogens is 1. The predicted molar refractivity (Wildman–Crippen MR) is 217 cm³/mol. The number of aromatic amines is 1. The maximum atomic E-state index is 12.5. The molecule has 3 N–H and O–H groups in total. The minimum Gasteiger partial charge on any atom is -0.444 e. The van der Waals surface area contributed by atoms with E-state index in [2.05, 4.69) is 104 Å². The number of likely N-dealkylation sites (tertiary alicyclic amines) is 1. The SMILES string of the molecule is CC(C)(C)OC(=O)N[C@@H]1CCCN(Cc2ccc3c(c2)c(Nc2ccc(-c4cc5c(N6CCOCC6)ncnc5[nH]4)cc2)nn3COCC[Si](C)(C)C)C1. The van der Waals surface area contributed by atoms with Crippen molar-refractivity contribution in [2.24, 2.45) is 0 Å². The molecule has 2 aliphatic rings. The summed E-state index contributed by atoms with van der Waals surface area (Å²) in [5.74, 6) is 1.72. The number of anilines is 3. The summed E-state index contributed by atoms with van der Waals surface area (Å²) in [5, 5.41) is 13.8. The van der Waals surface area contributed by atoms with Crippen LogP contribution < -0.4 is 15.5 Å². The molecule has 0 radical (unpaired) electrons. The highest BCUT2D eigenvalue weighted by Crippen LogP contribution is 2.32. The molecule has 288 valence electrons. The predicted octanol–water partition coefficient (Wildman–Crippen LogP) is 7.36. The third kappa shape index (κ3) is 9.59. The molecule has 2 fully saturated rings. The van der Waals surface area contributed by atoms with Crippen LogP contribution in [0.15, 0.2) is 54.9 Å². The van der Waals surface area contributed by atoms with Gasteiger partial charge in [0.25, 0.3) is 0 Å². The van der Waals surface area contributed by atoms with Gasteiger partial charge in [0.1, 0.15) is 30.1 Å². The monoisotopic (exact) mass is 753 g/mol. The number of alkyl carbamates (subject to hydrolysis) is 1. The highest BCUT2D eigenvalue weighted by atomic mass is 28.3. The third-order valence-corrected chi connectivity index (χ3v) is 11.5. The number of hydrogen-bond donors (Lipinski definition) is 3. The van der Waals surface area contributed by atoms with Crippen LogP contribution in [0.1, 0.15) is 39.2 Å². The molecule has 13 nitrogen and oxygen atoms in total. The number of amides is 1. The van der Waals surface area contributed by atoms with E-state index in [0.29, 0.717) is 19.9 Å². The Hall–Kier alpha value is -4.50. The van der Waals surface area contributed by atoms with Crippen molar-refractivity contribution in [2.75, 3.05) is 56.2 Å². The molecule has 0 unspecified atom stereocenters. The smallest absolute Gasteiger partial charge is 0.407 e. The van der Waals surface area contributed by atoms with Crippen molar-refractivity contribution < 1.29 is 19.0 Å². The first kappa shape index (κ1) is 37.8. The zero-order valence-corrected chi connectivity index (χ0v) is 33.6. The fraction of sp³-hybridized carbons (Fsp3) is 0.500. The van der Waals surface area contributed by atoms with Gasteiger partial charge in [0, 0.05) is 63.7 Å². The fourth-order valence-corrected chi connectivity index (χ4v) is 7.83. The molecule has 2 aromatic carbocycles. The first-order valence-electron chi connectivity index (χ1n) is 19.2. The third-order valence-electron chi connectivity index (χ3n) is 9.83. The lowest BCUT2D eigenvalue weighted by Crippen LogP contribution is -2.48. The van der Waals surface area contributed by atoms with E-state index in [1.165, 1.54) is 5.56 Å². The van der Waals surface area contributed by atoms with E-state index in [4.69, 9.17) is 19.3 Å². The second kappa shape index (κ2) is 16.1. The van der Waals surface area contributed by atoms with Crippen molar-refractivity contribution in [1.82, 2.24) is 34.9 Å². The van der Waals surface area contributed by atoms with Crippen molar-refractivity contribution in [3.8, 4) is 11.3 Å². The van der Waals surface area contributed by atoms with E-state index < -0.39 is 13.7 Å². The molecular formula is C40H55N9O4Si. The number of nitrogens with one attached hydrogen (secondary N) is 3. The zero-order chi connectivity index (χ0) is 37.9. The quantitative estimate of drug-likeness (QED) is 0.0877. The summed E-state index contributed by atoms with van der Waals surface area (Å²) < 4.78 is 19.2. The van der Waals surface area contributed by atoms with Gasteiger partial charge in [-0.15, -0.1) is 0 Å². The lowest BCUT2D eigenvalue weighted by molar-refractivity contribution is 0.0470. The second-order valence-electron chi connectivity index (χ2n) is 16.7. The molecule has 14 heteroatoms. The summed E-state index contributed by atoms with van der Waals surface area (Å²) in [5.41, 5.74) is 5.49. The van der Waals surface area contributed by atoms with Crippen molar-refractivity contribution in [1.29, 1.82) is 0 Å². The van der Waals surface area contributed by atoms with Crippen LogP contribution in [0, 0.1) is 0 Å². The van der Waals surface area contributed by atoms with Crippen molar-refractivity contribution in [3.05, 3.63) is 60.4 Å². The van der Waals surface area contributed by atoms with Crippen molar-refractivity contribution in [2.45, 2.75) is 84.2 Å². The van der Waals surface area contributed by atoms with Gasteiger partial charge in [-0.3, -0.25) is 4.90 Å². The Bertz CT molecular complexity index is 2040. The van der Waals surface area contributed by atoms with Gasteiger partial charge in [0.15, 0.2) is 5.82 Å². The number of aromatic nitrogens is 5. The van der Waals surface area contributed by atoms with Crippen LogP contribution in [-0.2, 0) is 27.5 Å². The molecule has 0 aliphatic carbocycles. The number of piperidine rings is 1. The Labute approximate surface area is 318 Å². The maximum Gasteiger partial charge on any atom is 0.407 e. The minimum absolute atomic E-state index is 0.0534. The van der Waals surface area contributed by atoms with Gasteiger partial charge in [0.2, 0.25) is 0 Å². The number of hydrogen-bond acceptors (Lipinski definition) is 10. The van der Waals surface area contributed by atoms with Gasteiger partial charge < -0.3 is 34.7 Å². The van der Waals surface area contributed by atoms with Gasteiger partial charge >= 0.3 is 6.09 Å². The molecule has 0 bridgehead atoms. The standard InChI is InChI=1S/C40H55N9O4Si/c1-40(2,3)53-39(50)44-31-8-7-15-47(25-31)24-28-9-14-35-32(22-28)37(46-49(35)27-52-20-21-54(4,5)6)43-30-12-10-29(11-13-30)34-23-33-36(45-34)41-26-42-38(33)48-16-18-51-19-17-48/h9-14,22-23,26,31H,7-8,15-21,24-25,27H2,1-6H3,(H,43,46)(H,44,50)(H,41,42,45)/t31-/m1/s1. The van der Waals surface area contributed by atoms with Crippen LogP contribution in [0.5, 0.6) is 0 Å². The molecule has 0 spiro atoms. The average Bonchev–Trinajstić information content (AvgIpc) is 3.71. The van der Waals surface area contributed by atoms with Gasteiger partial charge in [0.05, 0.1) is 24.1 Å². The number of benzene rings is 2. The molecule has 1 atom stereocenters. The van der Waals surface area contributed by atoms with E-state index in [0.717, 1.165) is 109 Å². The number of morpholine rings is 1. The summed E-state index contributed by atoms with van der Waals surface area (Å²) in [6.45, 7) is 19.4. The number of nitrogens with zero attached hydrogens (tertiary/aromatic N) is 6. The minimum atomic E-state index is -1.22. The molecule has 7 rings (SSSR count). The number of fused-ring (bicyclic) bond motifs is 2. The highest BCUT2D eigenvalue weighted by molar-refractivity contribution is 6.76. The van der Waals surface area contributed by atoms with Gasteiger partial charge in [-0.05, 0) is 87.7 Å². The summed E-state index contributed by atoms with van der Waals surface area (Å²) in [6, 6.07) is 18.2. The molecular weight excluding hydrogens is 699 g/mol. The number of rotatable bonds is 12. The topological polar surface area (TPSA) is 135 Å².